The molecule has 2 rings (SSSR count). The van der Waals surface area contributed by atoms with E-state index in [4.69, 9.17) is 4.74 Å². The van der Waals surface area contributed by atoms with Crippen LogP contribution in [0.1, 0.15) is 24.5 Å². The van der Waals surface area contributed by atoms with Gasteiger partial charge in [0.1, 0.15) is 0 Å². The maximum atomic E-state index is 10.6. The zero-order valence-corrected chi connectivity index (χ0v) is 11.7. The summed E-state index contributed by atoms with van der Waals surface area (Å²) in [6.45, 7) is 1.76. The summed E-state index contributed by atoms with van der Waals surface area (Å²) in [5, 5.41) is 33.9. The highest BCUT2D eigenvalue weighted by Gasteiger charge is 2.29. The Labute approximate surface area is 122 Å². The fourth-order valence-corrected chi connectivity index (χ4v) is 2.31. The number of benzene rings is 1. The number of nitro groups is 1. The minimum atomic E-state index is -0.784. The number of hydrogen-bond donors (Lipinski definition) is 3. The van der Waals surface area contributed by atoms with Crippen LogP contribution in [0.5, 0.6) is 0 Å². The Bertz CT molecular complexity index is 471. The van der Waals surface area contributed by atoms with Crippen LogP contribution in [-0.2, 0) is 4.74 Å². The third-order valence-corrected chi connectivity index (χ3v) is 3.70. The minimum absolute atomic E-state index is 0.00424. The molecular formula is C14H20N2O5. The number of aliphatic hydroxyl groups is 2. The molecule has 1 saturated heterocycles. The van der Waals surface area contributed by atoms with Crippen LogP contribution in [0.4, 0.5) is 5.69 Å². The first kappa shape index (κ1) is 15.8. The molecule has 0 radical (unpaired) electrons. The molecule has 0 amide bonds. The lowest BCUT2D eigenvalue weighted by Crippen LogP contribution is -2.45. The van der Waals surface area contributed by atoms with Gasteiger partial charge in [-0.25, -0.2) is 0 Å². The third-order valence-electron chi connectivity index (χ3n) is 3.70. The molecule has 0 saturated carbocycles. The van der Waals surface area contributed by atoms with E-state index < -0.39 is 16.6 Å². The van der Waals surface area contributed by atoms with Gasteiger partial charge in [0.25, 0.3) is 5.69 Å². The number of nitrogens with zero attached hydrogens (tertiary/aromatic N) is 1. The second-order valence-electron chi connectivity index (χ2n) is 5.33. The van der Waals surface area contributed by atoms with Crippen LogP contribution in [0.3, 0.4) is 0 Å². The Morgan fingerprint density at radius 2 is 1.95 bits per heavy atom. The number of nitrogens with one attached hydrogen (secondary N) is 1. The molecule has 0 aromatic heterocycles. The second kappa shape index (κ2) is 6.95. The Kier molecular flexibility index (Phi) is 5.24. The number of aliphatic hydroxyl groups excluding tert-OH is 1. The normalized spacial score (nSPS) is 19.1. The van der Waals surface area contributed by atoms with Crippen molar-refractivity contribution in [1.29, 1.82) is 0 Å². The van der Waals surface area contributed by atoms with E-state index in [1.54, 1.807) is 0 Å². The Morgan fingerprint density at radius 1 is 1.33 bits per heavy atom. The first-order valence-corrected chi connectivity index (χ1v) is 6.93. The summed E-state index contributed by atoms with van der Waals surface area (Å²) >= 11 is 0. The van der Waals surface area contributed by atoms with Gasteiger partial charge in [0.15, 0.2) is 0 Å². The molecule has 7 nitrogen and oxygen atoms in total. The average molecular weight is 296 g/mol. The maximum absolute atomic E-state index is 10.6. The largest absolute Gasteiger partial charge is 0.388 e. The van der Waals surface area contributed by atoms with Crippen molar-refractivity contribution < 1.29 is 19.9 Å². The molecular weight excluding hydrogens is 276 g/mol. The molecule has 0 aliphatic carbocycles. The van der Waals surface area contributed by atoms with Crippen molar-refractivity contribution in [2.45, 2.75) is 24.5 Å². The molecule has 1 heterocycles. The van der Waals surface area contributed by atoms with E-state index in [1.807, 2.05) is 0 Å². The van der Waals surface area contributed by atoms with E-state index in [0.717, 1.165) is 0 Å². The predicted molar refractivity (Wildman–Crippen MR) is 75.9 cm³/mol. The summed E-state index contributed by atoms with van der Waals surface area (Å²) < 4.78 is 5.20. The maximum Gasteiger partial charge on any atom is 0.269 e. The molecule has 1 aliphatic rings. The van der Waals surface area contributed by atoms with Crippen molar-refractivity contribution >= 4 is 5.69 Å². The lowest BCUT2D eigenvalue weighted by atomic mass is 9.94. The van der Waals surface area contributed by atoms with Gasteiger partial charge in [-0.15, -0.1) is 0 Å². The Hall–Kier alpha value is -1.54. The Morgan fingerprint density at radius 3 is 2.52 bits per heavy atom. The van der Waals surface area contributed by atoms with Crippen LogP contribution in [0, 0.1) is 10.1 Å². The second-order valence-corrected chi connectivity index (χ2v) is 5.33. The van der Waals surface area contributed by atoms with Gasteiger partial charge >= 0.3 is 0 Å². The zero-order valence-electron chi connectivity index (χ0n) is 11.7. The lowest BCUT2D eigenvalue weighted by molar-refractivity contribution is -0.384. The molecule has 1 aromatic carbocycles. The minimum Gasteiger partial charge on any atom is -0.388 e. The van der Waals surface area contributed by atoms with Gasteiger partial charge in [-0.3, -0.25) is 10.1 Å². The van der Waals surface area contributed by atoms with Gasteiger partial charge in [0.05, 0.1) is 16.6 Å². The van der Waals surface area contributed by atoms with E-state index in [0.29, 0.717) is 38.2 Å². The van der Waals surface area contributed by atoms with Gasteiger partial charge in [-0.05, 0) is 17.7 Å². The molecule has 21 heavy (non-hydrogen) atoms. The number of ether oxygens (including phenoxy) is 1. The van der Waals surface area contributed by atoms with Crippen molar-refractivity contribution in [1.82, 2.24) is 5.32 Å². The summed E-state index contributed by atoms with van der Waals surface area (Å²) in [4.78, 5) is 10.1. The van der Waals surface area contributed by atoms with E-state index in [9.17, 15) is 20.3 Å². The quantitative estimate of drug-likeness (QED) is 0.529. The van der Waals surface area contributed by atoms with Crippen molar-refractivity contribution in [3.63, 3.8) is 0 Å². The zero-order chi connectivity index (χ0) is 15.3. The molecule has 1 fully saturated rings. The number of non-ortho nitro benzene ring substituents is 1. The number of nitro benzene ring substituents is 1. The number of rotatable bonds is 6. The summed E-state index contributed by atoms with van der Waals surface area (Å²) in [7, 11) is 0. The fourth-order valence-electron chi connectivity index (χ4n) is 2.31. The van der Waals surface area contributed by atoms with Gasteiger partial charge < -0.3 is 20.3 Å². The van der Waals surface area contributed by atoms with Crippen molar-refractivity contribution in [3.8, 4) is 0 Å². The highest BCUT2D eigenvalue weighted by atomic mass is 16.6. The smallest absolute Gasteiger partial charge is 0.269 e. The van der Waals surface area contributed by atoms with Crippen LogP contribution >= 0.6 is 0 Å². The van der Waals surface area contributed by atoms with Crippen LogP contribution in [0.2, 0.25) is 0 Å². The molecule has 1 atom stereocenters. The third kappa shape index (κ3) is 4.47. The fraction of sp³-hybridized carbons (Fsp3) is 0.571. The predicted octanol–water partition coefficient (Wildman–Crippen LogP) is 0.759. The first-order chi connectivity index (χ1) is 10.0. The Balaban J connectivity index is 1.81. The summed E-state index contributed by atoms with van der Waals surface area (Å²) in [5.41, 5.74) is -0.185. The van der Waals surface area contributed by atoms with Crippen LogP contribution in [-0.4, -0.2) is 47.0 Å². The first-order valence-electron chi connectivity index (χ1n) is 6.93. The van der Waals surface area contributed by atoms with Crippen molar-refractivity contribution in [2.24, 2.45) is 0 Å². The van der Waals surface area contributed by atoms with Gasteiger partial charge in [0, 0.05) is 51.3 Å². The van der Waals surface area contributed by atoms with E-state index >= 15 is 0 Å². The molecule has 1 unspecified atom stereocenters. The number of hydrogen-bond acceptors (Lipinski definition) is 6. The van der Waals surface area contributed by atoms with Crippen LogP contribution in [0.25, 0.3) is 0 Å². The summed E-state index contributed by atoms with van der Waals surface area (Å²) in [6, 6.07) is 5.80. The highest BCUT2D eigenvalue weighted by Crippen LogP contribution is 2.20. The van der Waals surface area contributed by atoms with Crippen LogP contribution < -0.4 is 5.32 Å². The molecule has 3 N–H and O–H groups in total. The molecule has 116 valence electrons. The van der Waals surface area contributed by atoms with Crippen molar-refractivity contribution in [3.05, 3.63) is 39.9 Å². The molecule has 0 bridgehead atoms. The van der Waals surface area contributed by atoms with E-state index in [-0.39, 0.29) is 12.2 Å². The standard InChI is InChI=1S/C14H20N2O5/c17-13(11-1-3-12(4-2-11)16(19)20)9-15-10-14(18)5-7-21-8-6-14/h1-4,13,15,17-18H,5-10H2. The monoisotopic (exact) mass is 296 g/mol. The molecule has 1 aromatic rings. The van der Waals surface area contributed by atoms with Crippen molar-refractivity contribution in [2.75, 3.05) is 26.3 Å². The molecule has 0 spiro atoms. The summed E-state index contributed by atoms with van der Waals surface area (Å²) in [5.74, 6) is 0. The lowest BCUT2D eigenvalue weighted by Gasteiger charge is -2.32. The topological polar surface area (TPSA) is 105 Å². The SMILES string of the molecule is O=[N+]([O-])c1ccc(C(O)CNCC2(O)CCOCC2)cc1. The van der Waals surface area contributed by atoms with Gasteiger partial charge in [0.2, 0.25) is 0 Å². The molecule has 1 aliphatic heterocycles. The van der Waals surface area contributed by atoms with Gasteiger partial charge in [-0.1, -0.05) is 0 Å². The van der Waals surface area contributed by atoms with Crippen LogP contribution in [0.15, 0.2) is 24.3 Å². The summed E-state index contributed by atoms with van der Waals surface area (Å²) in [6.07, 6.45) is 0.385. The van der Waals surface area contributed by atoms with E-state index in [1.165, 1.54) is 24.3 Å². The average Bonchev–Trinajstić information content (AvgIpc) is 2.48. The molecule has 7 heteroatoms. The van der Waals surface area contributed by atoms with E-state index in [2.05, 4.69) is 5.32 Å². The van der Waals surface area contributed by atoms with Gasteiger partial charge in [-0.2, -0.15) is 0 Å². The highest BCUT2D eigenvalue weighted by molar-refractivity contribution is 5.33.